The van der Waals surface area contributed by atoms with Crippen LogP contribution in [0.4, 0.5) is 5.69 Å². The molecule has 0 aliphatic rings. The third kappa shape index (κ3) is 8.81. The monoisotopic (exact) mass is 648 g/mol. The molecule has 10 nitrogen and oxygen atoms in total. The second kappa shape index (κ2) is 15.2. The van der Waals surface area contributed by atoms with Crippen molar-refractivity contribution in [1.82, 2.24) is 15.6 Å². The summed E-state index contributed by atoms with van der Waals surface area (Å²) in [6.07, 6.45) is 2.63. The van der Waals surface area contributed by atoms with Gasteiger partial charge in [0.25, 0.3) is 5.91 Å². The molecule has 0 aliphatic carbocycles. The van der Waals surface area contributed by atoms with Crippen molar-refractivity contribution in [3.63, 3.8) is 0 Å². The van der Waals surface area contributed by atoms with Crippen LogP contribution in [0.1, 0.15) is 33.6 Å². The molecule has 3 aromatic carbocycles. The van der Waals surface area contributed by atoms with E-state index in [2.05, 4.69) is 15.6 Å². The number of hydrogen-bond donors (Lipinski definition) is 3. The van der Waals surface area contributed by atoms with Crippen molar-refractivity contribution in [2.45, 2.75) is 20.0 Å². The van der Waals surface area contributed by atoms with E-state index in [4.69, 9.17) is 33.0 Å². The van der Waals surface area contributed by atoms with Gasteiger partial charge < -0.3 is 25.4 Å². The molecular formula is C33H30Cl2N4O6. The lowest BCUT2D eigenvalue weighted by molar-refractivity contribution is -0.136. The summed E-state index contributed by atoms with van der Waals surface area (Å²) in [6.45, 7) is 1.67. The molecule has 0 aliphatic heterocycles. The molecule has 0 radical (unpaired) electrons. The number of rotatable bonds is 12. The van der Waals surface area contributed by atoms with Crippen LogP contribution in [0.15, 0.2) is 72.8 Å². The van der Waals surface area contributed by atoms with Gasteiger partial charge in [0.15, 0.2) is 0 Å². The minimum Gasteiger partial charge on any atom is -0.487 e. The molecule has 45 heavy (non-hydrogen) atoms. The smallest absolute Gasteiger partial charge is 0.305 e. The molecule has 1 heterocycles. The number of carboxylic acids is 1. The van der Waals surface area contributed by atoms with Crippen LogP contribution >= 0.6 is 23.2 Å². The highest BCUT2D eigenvalue weighted by molar-refractivity contribution is 6.38. The second-order valence-corrected chi connectivity index (χ2v) is 10.7. The highest BCUT2D eigenvalue weighted by Crippen LogP contribution is 2.35. The Morgan fingerprint density at radius 1 is 0.978 bits per heavy atom. The van der Waals surface area contributed by atoms with E-state index in [0.29, 0.717) is 38.7 Å². The molecule has 3 N–H and O–H groups in total. The number of fused-ring (bicyclic) bond motifs is 1. The van der Waals surface area contributed by atoms with Gasteiger partial charge in [-0.25, -0.2) is 4.98 Å². The van der Waals surface area contributed by atoms with E-state index in [9.17, 15) is 19.2 Å². The van der Waals surface area contributed by atoms with Gasteiger partial charge in [0, 0.05) is 46.9 Å². The van der Waals surface area contributed by atoms with Crippen molar-refractivity contribution in [1.29, 1.82) is 0 Å². The van der Waals surface area contributed by atoms with Gasteiger partial charge in [-0.1, -0.05) is 53.5 Å². The molecule has 0 saturated heterocycles. The van der Waals surface area contributed by atoms with E-state index in [1.807, 2.05) is 37.3 Å². The quantitative estimate of drug-likeness (QED) is 0.174. The number of nitrogens with zero attached hydrogens (tertiary/aromatic N) is 2. The summed E-state index contributed by atoms with van der Waals surface area (Å²) < 4.78 is 6.06. The Kier molecular flexibility index (Phi) is 11.1. The van der Waals surface area contributed by atoms with E-state index >= 15 is 0 Å². The number of aromatic nitrogens is 1. The lowest BCUT2D eigenvalue weighted by atomic mass is 10.1. The summed E-state index contributed by atoms with van der Waals surface area (Å²) in [5.41, 5.74) is 3.46. The SMILES string of the molecule is Cc1ccc2cccc(OCc3c(Cl)ccc(N(C)C(=O)CNC(=O)C=Cc4ccc(C(=O)NCCC(=O)O)cc4)c3Cl)c2n1. The van der Waals surface area contributed by atoms with Crippen LogP contribution in [-0.2, 0) is 21.0 Å². The molecule has 3 amide bonds. The van der Waals surface area contributed by atoms with Crippen molar-refractivity contribution in [2.24, 2.45) is 0 Å². The van der Waals surface area contributed by atoms with Crippen LogP contribution in [0.25, 0.3) is 17.0 Å². The molecule has 4 rings (SSSR count). The number of pyridine rings is 1. The number of carboxylic acid groups (broad SMARTS) is 1. The van der Waals surface area contributed by atoms with Crippen LogP contribution in [-0.4, -0.2) is 53.9 Å². The Bertz CT molecular complexity index is 1780. The van der Waals surface area contributed by atoms with Gasteiger partial charge in [-0.15, -0.1) is 0 Å². The van der Waals surface area contributed by atoms with Crippen LogP contribution in [0, 0.1) is 6.92 Å². The zero-order chi connectivity index (χ0) is 32.5. The first-order valence-electron chi connectivity index (χ1n) is 13.8. The highest BCUT2D eigenvalue weighted by Gasteiger charge is 2.19. The molecular weight excluding hydrogens is 619 g/mol. The largest absolute Gasteiger partial charge is 0.487 e. The maximum absolute atomic E-state index is 12.9. The van der Waals surface area contributed by atoms with Crippen LogP contribution in [0.2, 0.25) is 10.0 Å². The van der Waals surface area contributed by atoms with Gasteiger partial charge in [-0.05, 0) is 55.0 Å². The molecule has 232 valence electrons. The summed E-state index contributed by atoms with van der Waals surface area (Å²) in [5.74, 6) is -1.74. The lowest BCUT2D eigenvalue weighted by Gasteiger charge is -2.21. The van der Waals surface area contributed by atoms with Crippen molar-refractivity contribution in [3.8, 4) is 5.75 Å². The average Bonchev–Trinajstić information content (AvgIpc) is 3.02. The van der Waals surface area contributed by atoms with Crippen molar-refractivity contribution >= 4 is 69.6 Å². The number of anilines is 1. The summed E-state index contributed by atoms with van der Waals surface area (Å²) in [5, 5.41) is 15.3. The number of para-hydroxylation sites is 1. The first kappa shape index (κ1) is 33.0. The summed E-state index contributed by atoms with van der Waals surface area (Å²) in [7, 11) is 1.54. The minimum atomic E-state index is -1.00. The molecule has 0 saturated carbocycles. The number of aryl methyl sites for hydroxylation is 1. The number of ether oxygens (including phenoxy) is 1. The third-order valence-electron chi connectivity index (χ3n) is 6.73. The Morgan fingerprint density at radius 3 is 2.47 bits per heavy atom. The van der Waals surface area contributed by atoms with Crippen LogP contribution in [0.5, 0.6) is 5.75 Å². The van der Waals surface area contributed by atoms with E-state index in [0.717, 1.165) is 11.1 Å². The third-order valence-corrected chi connectivity index (χ3v) is 7.51. The van der Waals surface area contributed by atoms with E-state index < -0.39 is 23.7 Å². The first-order valence-corrected chi connectivity index (χ1v) is 14.6. The number of nitrogens with one attached hydrogen (secondary N) is 2. The standard InChI is InChI=1S/C33H30Cl2N4O6/c1-20-6-10-22-4-3-5-27(32(22)38-20)45-19-24-25(34)13-14-26(31(24)35)39(2)29(41)18-37-28(40)15-9-21-7-11-23(12-8-21)33(44)36-17-16-30(42)43/h3-15H,16-19H2,1-2H3,(H,36,44)(H,37,40)(H,42,43). The molecule has 0 unspecified atom stereocenters. The predicted molar refractivity (Wildman–Crippen MR) is 174 cm³/mol. The molecule has 12 heteroatoms. The van der Waals surface area contributed by atoms with Gasteiger partial charge in [-0.2, -0.15) is 0 Å². The highest BCUT2D eigenvalue weighted by atomic mass is 35.5. The zero-order valence-electron chi connectivity index (χ0n) is 24.5. The van der Waals surface area contributed by atoms with Crippen LogP contribution in [0.3, 0.4) is 0 Å². The number of amides is 3. The fourth-order valence-corrected chi connectivity index (χ4v) is 4.84. The average molecular weight is 650 g/mol. The Balaban J connectivity index is 1.33. The number of aliphatic carboxylic acids is 1. The number of hydrogen-bond acceptors (Lipinski definition) is 6. The first-order chi connectivity index (χ1) is 21.5. The molecule has 0 atom stereocenters. The Labute approximate surface area is 269 Å². The minimum absolute atomic E-state index is 0.0211. The van der Waals surface area contributed by atoms with Gasteiger partial charge in [0.2, 0.25) is 11.8 Å². The van der Waals surface area contributed by atoms with Crippen molar-refractivity contribution < 1.29 is 29.0 Å². The van der Waals surface area contributed by atoms with Crippen molar-refractivity contribution in [3.05, 3.63) is 105 Å². The molecule has 0 fully saturated rings. The fraction of sp³-hybridized carbons (Fsp3) is 0.182. The van der Waals surface area contributed by atoms with E-state index in [-0.39, 0.29) is 31.1 Å². The molecule has 0 spiro atoms. The molecule has 4 aromatic rings. The number of carbonyl (C=O) groups excluding carboxylic acids is 3. The lowest BCUT2D eigenvalue weighted by Crippen LogP contribution is -2.37. The summed E-state index contributed by atoms with van der Waals surface area (Å²) in [4.78, 5) is 53.9. The normalized spacial score (nSPS) is 10.9. The summed E-state index contributed by atoms with van der Waals surface area (Å²) >= 11 is 13.1. The topological polar surface area (TPSA) is 138 Å². The van der Waals surface area contributed by atoms with Gasteiger partial charge in [0.05, 0.1) is 23.7 Å². The number of benzene rings is 3. The van der Waals surface area contributed by atoms with Gasteiger partial charge in [-0.3, -0.25) is 19.2 Å². The van der Waals surface area contributed by atoms with Gasteiger partial charge in [0.1, 0.15) is 17.9 Å². The van der Waals surface area contributed by atoms with E-state index in [1.165, 1.54) is 17.1 Å². The summed E-state index contributed by atoms with van der Waals surface area (Å²) in [6, 6.07) is 19.1. The predicted octanol–water partition coefficient (Wildman–Crippen LogP) is 5.43. The second-order valence-electron chi connectivity index (χ2n) is 9.95. The number of likely N-dealkylation sites (N-methyl/N-ethyl adjacent to an activating group) is 1. The van der Waals surface area contributed by atoms with Gasteiger partial charge >= 0.3 is 5.97 Å². The van der Waals surface area contributed by atoms with Crippen LogP contribution < -0.4 is 20.3 Å². The van der Waals surface area contributed by atoms with E-state index in [1.54, 1.807) is 43.4 Å². The number of carbonyl (C=O) groups is 4. The maximum atomic E-state index is 12.9. The zero-order valence-corrected chi connectivity index (χ0v) is 26.0. The fourth-order valence-electron chi connectivity index (χ4n) is 4.24. The Morgan fingerprint density at radius 2 is 1.73 bits per heavy atom. The molecule has 1 aromatic heterocycles. The maximum Gasteiger partial charge on any atom is 0.305 e. The van der Waals surface area contributed by atoms with Crippen molar-refractivity contribution in [2.75, 3.05) is 25.0 Å². The molecule has 0 bridgehead atoms. The Hall–Kier alpha value is -4.93. The number of halogens is 2.